The summed E-state index contributed by atoms with van der Waals surface area (Å²) in [5, 5.41) is 10.3. The Morgan fingerprint density at radius 3 is 2.65 bits per heavy atom. The molecule has 0 bridgehead atoms. The Morgan fingerprint density at radius 2 is 2.10 bits per heavy atom. The summed E-state index contributed by atoms with van der Waals surface area (Å²) in [5.41, 5.74) is 1.15. The molecule has 0 amide bonds. The fraction of sp³-hybridized carbons (Fsp3) is 0.533. The molecule has 0 radical (unpaired) electrons. The van der Waals surface area contributed by atoms with Crippen LogP contribution in [-0.4, -0.2) is 16.8 Å². The van der Waals surface area contributed by atoms with E-state index in [-0.39, 0.29) is 0 Å². The summed E-state index contributed by atoms with van der Waals surface area (Å²) in [5.74, 6) is 0. The quantitative estimate of drug-likeness (QED) is 0.788. The van der Waals surface area contributed by atoms with Crippen LogP contribution in [0.5, 0.6) is 0 Å². The van der Waals surface area contributed by atoms with Crippen LogP contribution in [0.25, 0.3) is 0 Å². The minimum absolute atomic E-state index is 0.314. The summed E-state index contributed by atoms with van der Waals surface area (Å²) in [6, 6.07) is 5.08. The molecule has 0 saturated carbocycles. The van der Waals surface area contributed by atoms with Gasteiger partial charge in [0.05, 0.1) is 11.7 Å². The Hall–Kier alpha value is -0.650. The molecule has 1 N–H and O–H groups in total. The third-order valence-electron chi connectivity index (χ3n) is 3.70. The van der Waals surface area contributed by atoms with Crippen LogP contribution in [0.4, 0.5) is 0 Å². The van der Waals surface area contributed by atoms with E-state index in [9.17, 15) is 0 Å². The number of hydrogen-bond donors (Lipinski definition) is 1. The number of nitrogens with zero attached hydrogens (tertiary/aromatic N) is 2. The summed E-state index contributed by atoms with van der Waals surface area (Å²) in [7, 11) is 2.01. The van der Waals surface area contributed by atoms with Crippen molar-refractivity contribution in [3.05, 3.63) is 38.8 Å². The molecule has 0 aliphatic rings. The molecule has 20 heavy (non-hydrogen) atoms. The maximum Gasteiger partial charge on any atom is 0.0644 e. The third kappa shape index (κ3) is 3.51. The van der Waals surface area contributed by atoms with Gasteiger partial charge in [0.15, 0.2) is 0 Å². The van der Waals surface area contributed by atoms with Crippen LogP contribution < -0.4 is 5.32 Å². The lowest BCUT2D eigenvalue weighted by Crippen LogP contribution is -2.18. The van der Waals surface area contributed by atoms with Crippen LogP contribution in [0.15, 0.2) is 28.2 Å². The first-order chi connectivity index (χ1) is 9.69. The summed E-state index contributed by atoms with van der Waals surface area (Å²) in [6.07, 6.45) is 5.29. The second kappa shape index (κ2) is 7.38. The van der Waals surface area contributed by atoms with Gasteiger partial charge in [-0.15, -0.1) is 11.3 Å². The molecular weight excluding hydrogens is 334 g/mol. The molecule has 5 heteroatoms. The molecule has 3 nitrogen and oxygen atoms in total. The first-order valence-electron chi connectivity index (χ1n) is 7.13. The second-order valence-corrected chi connectivity index (χ2v) is 6.74. The normalized spacial score (nSPS) is 13.1. The standard InChI is InChI=1S/C15H22BrN3S/c1-4-12(5-2)19-8-6-11(18-19)10-14(17-3)15-13(16)7-9-20-15/h6-9,12,14,17H,4-5,10H2,1-3H3. The number of hydrogen-bond acceptors (Lipinski definition) is 3. The van der Waals surface area contributed by atoms with Crippen molar-refractivity contribution in [3.8, 4) is 0 Å². The van der Waals surface area contributed by atoms with Crippen molar-refractivity contribution >= 4 is 27.3 Å². The van der Waals surface area contributed by atoms with Crippen LogP contribution >= 0.6 is 27.3 Å². The average molecular weight is 356 g/mol. The van der Waals surface area contributed by atoms with Gasteiger partial charge in [0, 0.05) is 28.0 Å². The van der Waals surface area contributed by atoms with Crippen molar-refractivity contribution in [1.29, 1.82) is 0 Å². The molecule has 0 aromatic carbocycles. The van der Waals surface area contributed by atoms with E-state index in [0.717, 1.165) is 25.0 Å². The highest BCUT2D eigenvalue weighted by Gasteiger charge is 2.17. The topological polar surface area (TPSA) is 29.9 Å². The van der Waals surface area contributed by atoms with Gasteiger partial charge in [-0.25, -0.2) is 0 Å². The van der Waals surface area contributed by atoms with Gasteiger partial charge in [-0.1, -0.05) is 13.8 Å². The van der Waals surface area contributed by atoms with Gasteiger partial charge in [0.1, 0.15) is 0 Å². The maximum atomic E-state index is 4.75. The van der Waals surface area contributed by atoms with Crippen molar-refractivity contribution in [1.82, 2.24) is 15.1 Å². The highest BCUT2D eigenvalue weighted by molar-refractivity contribution is 9.10. The lowest BCUT2D eigenvalue weighted by atomic mass is 10.1. The summed E-state index contributed by atoms with van der Waals surface area (Å²) < 4.78 is 3.30. The van der Waals surface area contributed by atoms with E-state index in [1.165, 1.54) is 9.35 Å². The molecule has 2 aromatic rings. The molecular formula is C15H22BrN3S. The van der Waals surface area contributed by atoms with Crippen molar-refractivity contribution in [2.75, 3.05) is 7.05 Å². The molecule has 1 unspecified atom stereocenters. The lowest BCUT2D eigenvalue weighted by molar-refractivity contribution is 0.423. The predicted molar refractivity (Wildman–Crippen MR) is 89.4 cm³/mol. The van der Waals surface area contributed by atoms with Crippen molar-refractivity contribution in [2.24, 2.45) is 0 Å². The highest BCUT2D eigenvalue weighted by Crippen LogP contribution is 2.30. The summed E-state index contributed by atoms with van der Waals surface area (Å²) in [6.45, 7) is 4.43. The fourth-order valence-electron chi connectivity index (χ4n) is 2.44. The molecule has 0 fully saturated rings. The van der Waals surface area contributed by atoms with Crippen LogP contribution in [-0.2, 0) is 6.42 Å². The van der Waals surface area contributed by atoms with Gasteiger partial charge in [-0.3, -0.25) is 4.68 Å². The van der Waals surface area contributed by atoms with Crippen LogP contribution in [0, 0.1) is 0 Å². The van der Waals surface area contributed by atoms with Crippen LogP contribution in [0.2, 0.25) is 0 Å². The Bertz CT molecular complexity index is 531. The van der Waals surface area contributed by atoms with Gasteiger partial charge in [0.2, 0.25) is 0 Å². The number of halogens is 1. The zero-order valence-corrected chi connectivity index (χ0v) is 14.7. The van der Waals surface area contributed by atoms with E-state index in [0.29, 0.717) is 12.1 Å². The second-order valence-electron chi connectivity index (χ2n) is 4.94. The van der Waals surface area contributed by atoms with E-state index < -0.39 is 0 Å². The average Bonchev–Trinajstić information content (AvgIpc) is 3.07. The predicted octanol–water partition coefficient (Wildman–Crippen LogP) is 4.57. The number of likely N-dealkylation sites (N-methyl/N-ethyl adjacent to an activating group) is 1. The van der Waals surface area contributed by atoms with Crippen LogP contribution in [0.1, 0.15) is 49.3 Å². The first-order valence-corrected chi connectivity index (χ1v) is 8.81. The maximum absolute atomic E-state index is 4.75. The highest BCUT2D eigenvalue weighted by atomic mass is 79.9. The fourth-order valence-corrected chi connectivity index (χ4v) is 4.20. The summed E-state index contributed by atoms with van der Waals surface area (Å²) in [4.78, 5) is 1.34. The number of nitrogens with one attached hydrogen (secondary N) is 1. The summed E-state index contributed by atoms with van der Waals surface area (Å²) >= 11 is 5.40. The molecule has 0 aliphatic carbocycles. The van der Waals surface area contributed by atoms with Gasteiger partial charge < -0.3 is 5.32 Å². The van der Waals surface area contributed by atoms with E-state index in [2.05, 4.69) is 63.5 Å². The number of aromatic nitrogens is 2. The molecule has 0 aliphatic heterocycles. The largest absolute Gasteiger partial charge is 0.312 e. The van der Waals surface area contributed by atoms with Gasteiger partial charge in [0.25, 0.3) is 0 Å². The minimum Gasteiger partial charge on any atom is -0.312 e. The van der Waals surface area contributed by atoms with Crippen molar-refractivity contribution < 1.29 is 0 Å². The van der Waals surface area contributed by atoms with Crippen LogP contribution in [0.3, 0.4) is 0 Å². The SMILES string of the molecule is CCC(CC)n1ccc(CC(NC)c2sccc2Br)n1. The minimum atomic E-state index is 0.314. The Labute approximate surface area is 133 Å². The monoisotopic (exact) mass is 355 g/mol. The molecule has 0 saturated heterocycles. The van der Waals surface area contributed by atoms with E-state index in [1.54, 1.807) is 11.3 Å². The van der Waals surface area contributed by atoms with Crippen molar-refractivity contribution in [2.45, 2.75) is 45.2 Å². The number of thiophene rings is 1. The van der Waals surface area contributed by atoms with E-state index in [4.69, 9.17) is 5.10 Å². The Balaban J connectivity index is 2.11. The zero-order valence-electron chi connectivity index (χ0n) is 12.3. The van der Waals surface area contributed by atoms with Crippen molar-refractivity contribution in [3.63, 3.8) is 0 Å². The smallest absolute Gasteiger partial charge is 0.0644 e. The Morgan fingerprint density at radius 1 is 1.35 bits per heavy atom. The lowest BCUT2D eigenvalue weighted by Gasteiger charge is -2.15. The molecule has 2 heterocycles. The Kier molecular flexibility index (Phi) is 5.81. The molecule has 110 valence electrons. The first kappa shape index (κ1) is 15.7. The van der Waals surface area contributed by atoms with E-state index >= 15 is 0 Å². The zero-order chi connectivity index (χ0) is 14.5. The molecule has 0 spiro atoms. The molecule has 2 rings (SSSR count). The van der Waals surface area contributed by atoms with Gasteiger partial charge >= 0.3 is 0 Å². The molecule has 2 aromatic heterocycles. The van der Waals surface area contributed by atoms with Gasteiger partial charge in [-0.2, -0.15) is 5.10 Å². The third-order valence-corrected chi connectivity index (χ3v) is 5.69. The number of rotatable bonds is 7. The van der Waals surface area contributed by atoms with Gasteiger partial charge in [-0.05, 0) is 53.3 Å². The van der Waals surface area contributed by atoms with E-state index in [1.807, 2.05) is 7.05 Å². The molecule has 1 atom stereocenters.